The SMILES string of the molecule is Cc1cn2nc([C@@H]3CCCCN3C(=O)c3cc(Cl)ccc3NS(C)(=O)=O)cc2nc1N1C[C@@H](C)[C@@H](C#N)C1. The first kappa shape index (κ1) is 26.3. The number of carbonyl (C=O) groups excluding carboxylic acids is 1. The highest BCUT2D eigenvalue weighted by atomic mass is 35.5. The topological polar surface area (TPSA) is 124 Å². The normalized spacial score (nSPS) is 22.0. The summed E-state index contributed by atoms with van der Waals surface area (Å²) >= 11 is 6.19. The van der Waals surface area contributed by atoms with E-state index in [1.54, 1.807) is 15.5 Å². The summed E-state index contributed by atoms with van der Waals surface area (Å²) in [5.74, 6) is 0.788. The summed E-state index contributed by atoms with van der Waals surface area (Å²) in [5, 5.41) is 14.6. The zero-order valence-corrected chi connectivity index (χ0v) is 23.1. The van der Waals surface area contributed by atoms with Crippen LogP contribution in [0.2, 0.25) is 5.02 Å². The maximum Gasteiger partial charge on any atom is 0.256 e. The third-order valence-corrected chi connectivity index (χ3v) is 8.14. The Morgan fingerprint density at radius 3 is 2.74 bits per heavy atom. The lowest BCUT2D eigenvalue weighted by Gasteiger charge is -2.35. The average molecular weight is 556 g/mol. The quantitative estimate of drug-likeness (QED) is 0.504. The summed E-state index contributed by atoms with van der Waals surface area (Å²) in [4.78, 5) is 22.6. The second kappa shape index (κ2) is 10.1. The molecule has 4 heterocycles. The zero-order valence-electron chi connectivity index (χ0n) is 21.6. The van der Waals surface area contributed by atoms with Crippen molar-refractivity contribution in [3.63, 3.8) is 0 Å². The fraction of sp³-hybridized carbons (Fsp3) is 0.462. The second-order valence-corrected chi connectivity index (χ2v) is 12.5. The molecule has 1 aromatic carbocycles. The minimum Gasteiger partial charge on any atom is -0.355 e. The second-order valence-electron chi connectivity index (χ2n) is 10.3. The lowest BCUT2D eigenvalue weighted by molar-refractivity contribution is 0.0607. The first-order valence-corrected chi connectivity index (χ1v) is 14.9. The molecule has 0 spiro atoms. The maximum atomic E-state index is 13.8. The molecule has 0 unspecified atom stereocenters. The molecule has 0 saturated carbocycles. The standard InChI is InChI=1S/C26H30ClN7O3S/c1-16-13-32(15-18(16)12-28)25-17(2)14-34-24(29-25)11-22(30-34)23-6-4-5-9-33(23)26(35)20-10-19(27)7-8-21(20)31-38(3,36)37/h7-8,10-11,14,16,18,23,31H,4-6,9,13,15H2,1-3H3/t16-,18+,23+/m1/s1. The number of nitriles is 1. The molecule has 3 aromatic rings. The van der Waals surface area contributed by atoms with Gasteiger partial charge in [0.2, 0.25) is 10.0 Å². The molecule has 0 radical (unpaired) electrons. The number of anilines is 2. The Morgan fingerprint density at radius 1 is 1.24 bits per heavy atom. The Hall–Kier alpha value is -3.36. The van der Waals surface area contributed by atoms with Crippen molar-refractivity contribution in [2.24, 2.45) is 11.8 Å². The molecule has 1 N–H and O–H groups in total. The number of aromatic nitrogens is 3. The number of fused-ring (bicyclic) bond motifs is 1. The van der Waals surface area contributed by atoms with Crippen molar-refractivity contribution in [1.29, 1.82) is 5.26 Å². The molecule has 2 aromatic heterocycles. The van der Waals surface area contributed by atoms with Crippen LogP contribution in [0.25, 0.3) is 5.65 Å². The van der Waals surface area contributed by atoms with Crippen molar-refractivity contribution in [2.45, 2.75) is 39.2 Å². The van der Waals surface area contributed by atoms with Crippen LogP contribution in [0.3, 0.4) is 0 Å². The van der Waals surface area contributed by atoms with Gasteiger partial charge >= 0.3 is 0 Å². The van der Waals surface area contributed by atoms with Crippen LogP contribution in [0.1, 0.15) is 53.8 Å². The molecule has 0 bridgehead atoms. The van der Waals surface area contributed by atoms with Crippen LogP contribution in [0.4, 0.5) is 11.5 Å². The molecule has 200 valence electrons. The Bertz CT molecular complexity index is 1550. The van der Waals surface area contributed by atoms with Crippen molar-refractivity contribution < 1.29 is 13.2 Å². The predicted octanol–water partition coefficient (Wildman–Crippen LogP) is 4.03. The molecule has 2 aliphatic rings. The van der Waals surface area contributed by atoms with Gasteiger partial charge in [0, 0.05) is 42.5 Å². The van der Waals surface area contributed by atoms with Gasteiger partial charge in [-0.3, -0.25) is 9.52 Å². The van der Waals surface area contributed by atoms with Gasteiger partial charge in [-0.05, 0) is 50.3 Å². The first-order valence-electron chi connectivity index (χ1n) is 12.6. The average Bonchev–Trinajstić information content (AvgIpc) is 3.45. The van der Waals surface area contributed by atoms with Gasteiger partial charge in [-0.2, -0.15) is 10.4 Å². The summed E-state index contributed by atoms with van der Waals surface area (Å²) < 4.78 is 28.0. The number of nitrogens with one attached hydrogen (secondary N) is 1. The summed E-state index contributed by atoms with van der Waals surface area (Å²) in [6.07, 6.45) is 5.48. The van der Waals surface area contributed by atoms with Gasteiger partial charge in [0.1, 0.15) is 5.82 Å². The van der Waals surface area contributed by atoms with E-state index in [0.717, 1.165) is 49.1 Å². The Kier molecular flexibility index (Phi) is 6.96. The number of hydrogen-bond donors (Lipinski definition) is 1. The van der Waals surface area contributed by atoms with E-state index in [9.17, 15) is 18.5 Å². The summed E-state index contributed by atoms with van der Waals surface area (Å²) in [6.45, 7) is 6.01. The highest BCUT2D eigenvalue weighted by molar-refractivity contribution is 7.92. The van der Waals surface area contributed by atoms with Gasteiger partial charge < -0.3 is 9.80 Å². The third kappa shape index (κ3) is 5.15. The van der Waals surface area contributed by atoms with E-state index in [4.69, 9.17) is 21.7 Å². The number of aryl methyl sites for hydroxylation is 1. The van der Waals surface area contributed by atoms with Crippen molar-refractivity contribution in [3.8, 4) is 6.07 Å². The number of benzene rings is 1. The van der Waals surface area contributed by atoms with E-state index in [0.29, 0.717) is 23.8 Å². The summed E-state index contributed by atoms with van der Waals surface area (Å²) in [5.41, 5.74) is 2.76. The Labute approximate surface area is 227 Å². The molecular weight excluding hydrogens is 526 g/mol. The van der Waals surface area contributed by atoms with E-state index in [-0.39, 0.29) is 35.0 Å². The Morgan fingerprint density at radius 2 is 2.03 bits per heavy atom. The lowest BCUT2D eigenvalue weighted by atomic mass is 9.98. The molecule has 1 amide bonds. The number of rotatable bonds is 5. The summed E-state index contributed by atoms with van der Waals surface area (Å²) in [6, 6.07) is 8.56. The number of nitrogens with zero attached hydrogens (tertiary/aromatic N) is 6. The van der Waals surface area contributed by atoms with Crippen LogP contribution in [-0.2, 0) is 10.0 Å². The van der Waals surface area contributed by atoms with Crippen LogP contribution >= 0.6 is 11.6 Å². The minimum atomic E-state index is -3.59. The molecule has 5 rings (SSSR count). The zero-order chi connectivity index (χ0) is 27.2. The molecule has 10 nitrogen and oxygen atoms in total. The fourth-order valence-electron chi connectivity index (χ4n) is 5.43. The maximum absolute atomic E-state index is 13.8. The van der Waals surface area contributed by atoms with Gasteiger partial charge in [0.05, 0.1) is 41.2 Å². The molecular formula is C26H30ClN7O3S. The fourth-order valence-corrected chi connectivity index (χ4v) is 6.18. The molecule has 12 heteroatoms. The molecule has 2 fully saturated rings. The van der Waals surface area contributed by atoms with E-state index in [1.165, 1.54) is 12.1 Å². The minimum absolute atomic E-state index is 0.0247. The van der Waals surface area contributed by atoms with E-state index in [1.807, 2.05) is 19.2 Å². The molecule has 2 saturated heterocycles. The highest BCUT2D eigenvalue weighted by Gasteiger charge is 2.34. The van der Waals surface area contributed by atoms with Crippen molar-refractivity contribution in [2.75, 3.05) is 35.5 Å². The van der Waals surface area contributed by atoms with E-state index < -0.39 is 10.0 Å². The van der Waals surface area contributed by atoms with Crippen molar-refractivity contribution in [3.05, 3.63) is 52.3 Å². The molecule has 0 aliphatic carbocycles. The van der Waals surface area contributed by atoms with E-state index in [2.05, 4.69) is 22.6 Å². The first-order chi connectivity index (χ1) is 18.0. The van der Waals surface area contributed by atoms with Crippen LogP contribution in [-0.4, -0.2) is 59.7 Å². The number of carbonyl (C=O) groups is 1. The highest BCUT2D eigenvalue weighted by Crippen LogP contribution is 2.35. The predicted molar refractivity (Wildman–Crippen MR) is 146 cm³/mol. The largest absolute Gasteiger partial charge is 0.355 e. The molecule has 38 heavy (non-hydrogen) atoms. The van der Waals surface area contributed by atoms with Gasteiger partial charge in [-0.25, -0.2) is 17.9 Å². The van der Waals surface area contributed by atoms with E-state index >= 15 is 0 Å². The van der Waals surface area contributed by atoms with Gasteiger partial charge in [-0.1, -0.05) is 18.5 Å². The number of halogens is 1. The third-order valence-electron chi connectivity index (χ3n) is 7.31. The lowest BCUT2D eigenvalue weighted by Crippen LogP contribution is -2.39. The monoisotopic (exact) mass is 555 g/mol. The van der Waals surface area contributed by atoms with Crippen LogP contribution < -0.4 is 9.62 Å². The van der Waals surface area contributed by atoms with Crippen LogP contribution in [0, 0.1) is 30.1 Å². The van der Waals surface area contributed by atoms with Crippen LogP contribution in [0.15, 0.2) is 30.5 Å². The van der Waals surface area contributed by atoms with Crippen molar-refractivity contribution >= 4 is 44.7 Å². The van der Waals surface area contributed by atoms with Gasteiger partial charge in [0.25, 0.3) is 5.91 Å². The number of amides is 1. The number of sulfonamides is 1. The smallest absolute Gasteiger partial charge is 0.256 e. The van der Waals surface area contributed by atoms with Gasteiger partial charge in [-0.15, -0.1) is 0 Å². The molecule has 3 atom stereocenters. The summed E-state index contributed by atoms with van der Waals surface area (Å²) in [7, 11) is -3.59. The van der Waals surface area contributed by atoms with Gasteiger partial charge in [0.15, 0.2) is 5.65 Å². The number of piperidine rings is 1. The van der Waals surface area contributed by atoms with Crippen molar-refractivity contribution in [1.82, 2.24) is 19.5 Å². The number of hydrogen-bond acceptors (Lipinski definition) is 7. The Balaban J connectivity index is 1.48. The number of likely N-dealkylation sites (tertiary alicyclic amines) is 1. The molecule has 2 aliphatic heterocycles. The van der Waals surface area contributed by atoms with Crippen LogP contribution in [0.5, 0.6) is 0 Å².